The smallest absolute Gasteiger partial charge is 0.243 e. The first-order valence-electron chi connectivity index (χ1n) is 13.7. The highest BCUT2D eigenvalue weighted by atomic mass is 16.2. The molecule has 3 rings (SSSR count). The average Bonchev–Trinajstić information content (AvgIpc) is 2.88. The predicted octanol–water partition coefficient (Wildman–Crippen LogP) is -0.209. The van der Waals surface area contributed by atoms with E-state index in [1.54, 1.807) is 11.8 Å². The summed E-state index contributed by atoms with van der Waals surface area (Å²) in [4.78, 5) is 65.5. The standard InChI is InChI=1S/C28H42N6O5/c1-19(2)13-23(32-24(36)15-30-26(38)22(29)14-21-7-5-4-6-8-21)27(39)31-16-25(37)34-17-28(18-34)9-11-33(12-10-28)20(3)35/h4-8,19,22-23H,9-18,29H2,1-3H3,(H,30,38)(H,31,39)(H,32,36). The third-order valence-electron chi connectivity index (χ3n) is 7.51. The summed E-state index contributed by atoms with van der Waals surface area (Å²) < 4.78 is 0. The van der Waals surface area contributed by atoms with Gasteiger partial charge >= 0.3 is 0 Å². The Balaban J connectivity index is 1.40. The van der Waals surface area contributed by atoms with Gasteiger partial charge in [-0.25, -0.2) is 0 Å². The maximum atomic E-state index is 12.9. The van der Waals surface area contributed by atoms with Gasteiger partial charge in [-0.2, -0.15) is 0 Å². The number of carbonyl (C=O) groups excluding carboxylic acids is 5. The Morgan fingerprint density at radius 2 is 1.54 bits per heavy atom. The summed E-state index contributed by atoms with van der Waals surface area (Å²) in [5, 5.41) is 7.86. The molecule has 2 atom stereocenters. The number of likely N-dealkylation sites (tertiary alicyclic amines) is 2. The van der Waals surface area contributed by atoms with Gasteiger partial charge in [0.25, 0.3) is 0 Å². The van der Waals surface area contributed by atoms with Crippen LogP contribution in [0.5, 0.6) is 0 Å². The molecule has 2 saturated heterocycles. The van der Waals surface area contributed by atoms with Gasteiger partial charge in [0.2, 0.25) is 29.5 Å². The molecule has 0 aliphatic carbocycles. The Morgan fingerprint density at radius 3 is 2.13 bits per heavy atom. The maximum Gasteiger partial charge on any atom is 0.243 e. The molecule has 0 saturated carbocycles. The minimum Gasteiger partial charge on any atom is -0.346 e. The molecule has 2 aliphatic rings. The SMILES string of the molecule is CC(=O)N1CCC2(CC1)CN(C(=O)CNC(=O)C(CC(C)C)NC(=O)CNC(=O)C(N)Cc1ccccc1)C2. The Kier molecular flexibility index (Phi) is 10.4. The van der Waals surface area contributed by atoms with E-state index in [9.17, 15) is 24.0 Å². The fourth-order valence-electron chi connectivity index (χ4n) is 5.16. The monoisotopic (exact) mass is 542 g/mol. The molecular weight excluding hydrogens is 500 g/mol. The molecule has 2 heterocycles. The van der Waals surface area contributed by atoms with Crippen LogP contribution in [-0.2, 0) is 30.4 Å². The fraction of sp³-hybridized carbons (Fsp3) is 0.607. The lowest BCUT2D eigenvalue weighted by molar-refractivity contribution is -0.149. The van der Waals surface area contributed by atoms with Crippen LogP contribution in [0.3, 0.4) is 0 Å². The van der Waals surface area contributed by atoms with Crippen molar-refractivity contribution in [1.82, 2.24) is 25.8 Å². The van der Waals surface area contributed by atoms with Crippen LogP contribution in [0, 0.1) is 11.3 Å². The van der Waals surface area contributed by atoms with Crippen molar-refractivity contribution in [3.63, 3.8) is 0 Å². The Morgan fingerprint density at radius 1 is 0.923 bits per heavy atom. The Bertz CT molecular complexity index is 1030. The molecule has 1 aromatic rings. The van der Waals surface area contributed by atoms with Crippen molar-refractivity contribution in [2.45, 2.75) is 58.5 Å². The van der Waals surface area contributed by atoms with Gasteiger partial charge in [-0.3, -0.25) is 24.0 Å². The van der Waals surface area contributed by atoms with E-state index >= 15 is 0 Å². The number of hydrogen-bond donors (Lipinski definition) is 4. The summed E-state index contributed by atoms with van der Waals surface area (Å²) in [7, 11) is 0. The van der Waals surface area contributed by atoms with Crippen LogP contribution in [0.1, 0.15) is 45.6 Å². The van der Waals surface area contributed by atoms with Crippen LogP contribution in [0.25, 0.3) is 0 Å². The molecule has 2 aliphatic heterocycles. The number of piperidine rings is 1. The molecule has 0 aromatic heterocycles. The quantitative estimate of drug-likeness (QED) is 0.303. The summed E-state index contributed by atoms with van der Waals surface area (Å²) in [6.45, 7) is 7.66. The van der Waals surface area contributed by atoms with E-state index < -0.39 is 29.8 Å². The summed E-state index contributed by atoms with van der Waals surface area (Å²) in [6.07, 6.45) is 2.47. The van der Waals surface area contributed by atoms with E-state index in [0.29, 0.717) is 39.0 Å². The van der Waals surface area contributed by atoms with Gasteiger partial charge in [0.05, 0.1) is 19.1 Å². The summed E-state index contributed by atoms with van der Waals surface area (Å²) in [5.41, 5.74) is 6.94. The molecule has 0 bridgehead atoms. The molecule has 11 heteroatoms. The number of carbonyl (C=O) groups is 5. The summed E-state index contributed by atoms with van der Waals surface area (Å²) in [6, 6.07) is 7.71. The normalized spacial score (nSPS) is 17.7. The van der Waals surface area contributed by atoms with Crippen LogP contribution < -0.4 is 21.7 Å². The van der Waals surface area contributed by atoms with Crippen LogP contribution >= 0.6 is 0 Å². The molecule has 5 amide bonds. The lowest BCUT2D eigenvalue weighted by Crippen LogP contribution is -2.63. The second kappa shape index (κ2) is 13.5. The zero-order valence-corrected chi connectivity index (χ0v) is 23.2. The van der Waals surface area contributed by atoms with Crippen LogP contribution in [-0.4, -0.2) is 90.7 Å². The zero-order valence-electron chi connectivity index (χ0n) is 23.2. The molecule has 5 N–H and O–H groups in total. The first-order chi connectivity index (χ1) is 18.5. The highest BCUT2D eigenvalue weighted by Crippen LogP contribution is 2.40. The van der Waals surface area contributed by atoms with Gasteiger partial charge in [0, 0.05) is 38.5 Å². The Labute approximate surface area is 230 Å². The van der Waals surface area contributed by atoms with Gasteiger partial charge in [-0.05, 0) is 37.2 Å². The summed E-state index contributed by atoms with van der Waals surface area (Å²) >= 11 is 0. The van der Waals surface area contributed by atoms with E-state index in [1.165, 1.54) is 0 Å². The lowest BCUT2D eigenvalue weighted by atomic mass is 9.72. The molecule has 214 valence electrons. The molecule has 2 fully saturated rings. The van der Waals surface area contributed by atoms with Crippen molar-refractivity contribution in [1.29, 1.82) is 0 Å². The predicted molar refractivity (Wildman–Crippen MR) is 146 cm³/mol. The largest absolute Gasteiger partial charge is 0.346 e. The van der Waals surface area contributed by atoms with E-state index in [-0.39, 0.29) is 36.2 Å². The number of benzene rings is 1. The first kappa shape index (κ1) is 30.1. The van der Waals surface area contributed by atoms with E-state index in [0.717, 1.165) is 18.4 Å². The van der Waals surface area contributed by atoms with Crippen molar-refractivity contribution in [3.8, 4) is 0 Å². The average molecular weight is 543 g/mol. The maximum absolute atomic E-state index is 12.9. The van der Waals surface area contributed by atoms with Crippen LogP contribution in [0.4, 0.5) is 0 Å². The number of rotatable bonds is 11. The first-order valence-corrected chi connectivity index (χ1v) is 13.7. The van der Waals surface area contributed by atoms with Crippen LogP contribution in [0.15, 0.2) is 30.3 Å². The number of hydrogen-bond acceptors (Lipinski definition) is 6. The zero-order chi connectivity index (χ0) is 28.6. The van der Waals surface area contributed by atoms with E-state index in [2.05, 4.69) is 16.0 Å². The second-order valence-corrected chi connectivity index (χ2v) is 11.2. The topological polar surface area (TPSA) is 154 Å². The number of nitrogens with two attached hydrogens (primary N) is 1. The van der Waals surface area contributed by atoms with E-state index in [1.807, 2.05) is 49.1 Å². The second-order valence-electron chi connectivity index (χ2n) is 11.2. The highest BCUT2D eigenvalue weighted by molar-refractivity contribution is 5.92. The Hall–Kier alpha value is -3.47. The summed E-state index contributed by atoms with van der Waals surface area (Å²) in [5.74, 6) is -1.38. The molecule has 1 aromatic carbocycles. The van der Waals surface area contributed by atoms with Crippen molar-refractivity contribution in [2.24, 2.45) is 17.1 Å². The van der Waals surface area contributed by atoms with Gasteiger partial charge in [0.15, 0.2) is 0 Å². The van der Waals surface area contributed by atoms with Crippen molar-refractivity contribution >= 4 is 29.5 Å². The molecule has 2 unspecified atom stereocenters. The third kappa shape index (κ3) is 8.77. The number of nitrogens with zero attached hydrogens (tertiary/aromatic N) is 2. The highest BCUT2D eigenvalue weighted by Gasteiger charge is 2.46. The third-order valence-corrected chi connectivity index (χ3v) is 7.51. The molecule has 11 nitrogen and oxygen atoms in total. The number of amides is 5. The lowest BCUT2D eigenvalue weighted by Gasteiger charge is -2.54. The minimum absolute atomic E-state index is 0.0633. The van der Waals surface area contributed by atoms with Gasteiger partial charge in [-0.15, -0.1) is 0 Å². The molecule has 0 radical (unpaired) electrons. The van der Waals surface area contributed by atoms with Crippen molar-refractivity contribution < 1.29 is 24.0 Å². The molecule has 39 heavy (non-hydrogen) atoms. The molecule has 1 spiro atoms. The van der Waals surface area contributed by atoms with Crippen LogP contribution in [0.2, 0.25) is 0 Å². The number of nitrogens with one attached hydrogen (secondary N) is 3. The molecular formula is C28H42N6O5. The minimum atomic E-state index is -0.834. The van der Waals surface area contributed by atoms with Crippen molar-refractivity contribution in [2.75, 3.05) is 39.3 Å². The van der Waals surface area contributed by atoms with Gasteiger partial charge in [0.1, 0.15) is 6.04 Å². The van der Waals surface area contributed by atoms with Crippen molar-refractivity contribution in [3.05, 3.63) is 35.9 Å². The fourth-order valence-corrected chi connectivity index (χ4v) is 5.16. The van der Waals surface area contributed by atoms with Gasteiger partial charge < -0.3 is 31.5 Å². The van der Waals surface area contributed by atoms with E-state index in [4.69, 9.17) is 5.73 Å². The van der Waals surface area contributed by atoms with Gasteiger partial charge in [-0.1, -0.05) is 44.2 Å².